The van der Waals surface area contributed by atoms with Gasteiger partial charge in [-0.2, -0.15) is 0 Å². The second-order valence-corrected chi connectivity index (χ2v) is 9.70. The zero-order valence-electron chi connectivity index (χ0n) is 19.8. The van der Waals surface area contributed by atoms with Crippen molar-refractivity contribution in [3.8, 4) is 11.1 Å². The van der Waals surface area contributed by atoms with Crippen LogP contribution in [0.15, 0.2) is 109 Å². The van der Waals surface area contributed by atoms with E-state index in [0.29, 0.717) is 5.46 Å². The smallest absolute Gasteiger partial charge is 0.423 e. The van der Waals surface area contributed by atoms with Crippen LogP contribution in [-0.4, -0.2) is 17.2 Å². The Labute approximate surface area is 206 Å². The first-order chi connectivity index (χ1) is 16.9. The van der Waals surface area contributed by atoms with Gasteiger partial charge < -0.3 is 14.9 Å². The molecule has 1 aliphatic carbocycles. The van der Waals surface area contributed by atoms with Crippen molar-refractivity contribution in [1.82, 2.24) is 0 Å². The summed E-state index contributed by atoms with van der Waals surface area (Å²) in [6.07, 6.45) is 0. The Morgan fingerprint density at radius 1 is 0.629 bits per heavy atom. The van der Waals surface area contributed by atoms with E-state index in [1.807, 2.05) is 18.2 Å². The summed E-state index contributed by atoms with van der Waals surface area (Å²) in [4.78, 5) is 2.32. The van der Waals surface area contributed by atoms with Crippen molar-refractivity contribution in [2.75, 3.05) is 4.90 Å². The molecule has 5 aromatic carbocycles. The maximum absolute atomic E-state index is 9.75. The van der Waals surface area contributed by atoms with Gasteiger partial charge >= 0.3 is 7.12 Å². The van der Waals surface area contributed by atoms with E-state index in [1.165, 1.54) is 21.9 Å². The maximum Gasteiger partial charge on any atom is 0.488 e. The van der Waals surface area contributed by atoms with Crippen LogP contribution in [0.2, 0.25) is 0 Å². The summed E-state index contributed by atoms with van der Waals surface area (Å²) in [5.41, 5.74) is 8.27. The monoisotopic (exact) mass is 455 g/mol. The fraction of sp³-hybridized carbons (Fsp3) is 0.0968. The van der Waals surface area contributed by atoms with Crippen molar-refractivity contribution >= 4 is 40.4 Å². The van der Waals surface area contributed by atoms with E-state index < -0.39 is 7.12 Å². The van der Waals surface area contributed by atoms with Crippen LogP contribution in [0.4, 0.5) is 17.1 Å². The van der Waals surface area contributed by atoms with Crippen molar-refractivity contribution in [3.05, 3.63) is 120 Å². The van der Waals surface area contributed by atoms with E-state index in [1.54, 1.807) is 6.07 Å². The highest BCUT2D eigenvalue weighted by molar-refractivity contribution is 6.58. The van der Waals surface area contributed by atoms with Crippen LogP contribution in [0.1, 0.15) is 25.0 Å². The molecule has 2 N–H and O–H groups in total. The van der Waals surface area contributed by atoms with E-state index in [9.17, 15) is 10.0 Å². The molecule has 0 bridgehead atoms. The zero-order valence-corrected chi connectivity index (χ0v) is 19.8. The van der Waals surface area contributed by atoms with Gasteiger partial charge in [-0.25, -0.2) is 0 Å². The fourth-order valence-electron chi connectivity index (χ4n) is 5.45. The molecule has 3 nitrogen and oxygen atoms in total. The van der Waals surface area contributed by atoms with Crippen LogP contribution in [0.3, 0.4) is 0 Å². The second-order valence-electron chi connectivity index (χ2n) is 9.70. The quantitative estimate of drug-likeness (QED) is 0.313. The van der Waals surface area contributed by atoms with Gasteiger partial charge in [0.25, 0.3) is 0 Å². The molecule has 0 aliphatic heterocycles. The van der Waals surface area contributed by atoms with Crippen molar-refractivity contribution in [2.45, 2.75) is 19.3 Å². The highest BCUT2D eigenvalue weighted by Gasteiger charge is 2.36. The number of hydrogen-bond donors (Lipinski definition) is 2. The Bertz CT molecular complexity index is 1550. The second kappa shape index (κ2) is 8.12. The predicted molar refractivity (Wildman–Crippen MR) is 146 cm³/mol. The van der Waals surface area contributed by atoms with Gasteiger partial charge in [0, 0.05) is 22.2 Å². The lowest BCUT2D eigenvalue weighted by Crippen LogP contribution is -2.31. The van der Waals surface area contributed by atoms with Gasteiger partial charge in [0.05, 0.1) is 5.69 Å². The fourth-order valence-corrected chi connectivity index (χ4v) is 5.45. The number of anilines is 3. The van der Waals surface area contributed by atoms with Crippen molar-refractivity contribution in [2.24, 2.45) is 0 Å². The molecule has 5 aromatic rings. The molecule has 1 aliphatic rings. The Morgan fingerprint density at radius 2 is 1.29 bits per heavy atom. The van der Waals surface area contributed by atoms with Gasteiger partial charge in [0.2, 0.25) is 0 Å². The van der Waals surface area contributed by atoms with Crippen molar-refractivity contribution in [3.63, 3.8) is 0 Å². The average molecular weight is 455 g/mol. The lowest BCUT2D eigenvalue weighted by molar-refractivity contribution is 0.425. The summed E-state index contributed by atoms with van der Waals surface area (Å²) in [6, 6.07) is 37.8. The molecule has 0 spiro atoms. The molecule has 0 heterocycles. The number of rotatable bonds is 4. The minimum atomic E-state index is -1.48. The van der Waals surface area contributed by atoms with Crippen LogP contribution >= 0.6 is 0 Å². The van der Waals surface area contributed by atoms with Gasteiger partial charge in [0.1, 0.15) is 0 Å². The minimum Gasteiger partial charge on any atom is -0.423 e. The van der Waals surface area contributed by atoms with Crippen molar-refractivity contribution < 1.29 is 10.0 Å². The SMILES string of the molecule is CC1(C)c2cc(B(O)O)ccc2-c2ccc(N(c3ccccc3)c3cccc4ccccc34)cc21. The first-order valence-electron chi connectivity index (χ1n) is 11.9. The Morgan fingerprint density at radius 3 is 2.06 bits per heavy atom. The highest BCUT2D eigenvalue weighted by Crippen LogP contribution is 2.50. The standard InChI is InChI=1S/C31H26BNO2/c1-31(2)28-19-22(32(34)35)15-17-26(28)27-18-16-24(20-29(27)31)33(23-11-4-3-5-12-23)30-14-8-10-21-9-6-7-13-25(21)30/h3-20,34-35H,1-2H3. The summed E-state index contributed by atoms with van der Waals surface area (Å²) in [6.45, 7) is 4.42. The lowest BCUT2D eigenvalue weighted by Gasteiger charge is -2.29. The third kappa shape index (κ3) is 3.45. The third-order valence-corrected chi connectivity index (χ3v) is 7.26. The van der Waals surface area contributed by atoms with E-state index in [-0.39, 0.29) is 5.41 Å². The molecule has 0 amide bonds. The van der Waals surface area contributed by atoms with Gasteiger partial charge in [-0.1, -0.05) is 92.7 Å². The molecular weight excluding hydrogens is 429 g/mol. The van der Waals surface area contributed by atoms with Gasteiger partial charge in [-0.3, -0.25) is 0 Å². The van der Waals surface area contributed by atoms with Gasteiger partial charge in [0.15, 0.2) is 0 Å². The summed E-state index contributed by atoms with van der Waals surface area (Å²) in [5.74, 6) is 0. The number of fused-ring (bicyclic) bond motifs is 4. The normalized spacial score (nSPS) is 13.4. The van der Waals surface area contributed by atoms with E-state index in [4.69, 9.17) is 0 Å². The summed E-state index contributed by atoms with van der Waals surface area (Å²) in [7, 11) is -1.48. The Balaban J connectivity index is 1.56. The molecule has 0 aromatic heterocycles. The highest BCUT2D eigenvalue weighted by atomic mass is 16.4. The van der Waals surface area contributed by atoms with Crippen LogP contribution in [-0.2, 0) is 5.41 Å². The summed E-state index contributed by atoms with van der Waals surface area (Å²) in [5, 5.41) is 21.9. The minimum absolute atomic E-state index is 0.271. The molecule has 35 heavy (non-hydrogen) atoms. The molecule has 0 saturated carbocycles. The molecule has 0 radical (unpaired) electrons. The van der Waals surface area contributed by atoms with Crippen molar-refractivity contribution in [1.29, 1.82) is 0 Å². The van der Waals surface area contributed by atoms with Gasteiger partial charge in [-0.15, -0.1) is 0 Å². The lowest BCUT2D eigenvalue weighted by atomic mass is 9.75. The van der Waals surface area contributed by atoms with Crippen LogP contribution in [0.5, 0.6) is 0 Å². The largest absolute Gasteiger partial charge is 0.488 e. The first-order valence-corrected chi connectivity index (χ1v) is 11.9. The first kappa shape index (κ1) is 21.7. The van der Waals surface area contributed by atoms with Gasteiger partial charge in [-0.05, 0) is 63.4 Å². The van der Waals surface area contributed by atoms with Crippen LogP contribution < -0.4 is 10.4 Å². The molecule has 0 fully saturated rings. The molecular formula is C31H26BNO2. The van der Waals surface area contributed by atoms with Crippen LogP contribution in [0, 0.1) is 0 Å². The Kier molecular flexibility index (Phi) is 5.03. The average Bonchev–Trinajstić information content (AvgIpc) is 3.11. The molecule has 0 atom stereocenters. The predicted octanol–water partition coefficient (Wildman–Crippen LogP) is 6.30. The zero-order chi connectivity index (χ0) is 24.2. The van der Waals surface area contributed by atoms with Crippen LogP contribution in [0.25, 0.3) is 21.9 Å². The molecule has 170 valence electrons. The number of para-hydroxylation sites is 1. The topological polar surface area (TPSA) is 43.7 Å². The molecule has 0 unspecified atom stereocenters. The number of nitrogens with zero attached hydrogens (tertiary/aromatic N) is 1. The number of benzene rings is 5. The van der Waals surface area contributed by atoms with E-state index in [0.717, 1.165) is 28.2 Å². The molecule has 4 heteroatoms. The Hall–Kier alpha value is -3.86. The molecule has 6 rings (SSSR count). The maximum atomic E-state index is 9.75. The summed E-state index contributed by atoms with van der Waals surface area (Å²) < 4.78 is 0. The third-order valence-electron chi connectivity index (χ3n) is 7.26. The van der Waals surface area contributed by atoms with E-state index in [2.05, 4.69) is 104 Å². The number of hydrogen-bond acceptors (Lipinski definition) is 3. The van der Waals surface area contributed by atoms with E-state index >= 15 is 0 Å². The summed E-state index contributed by atoms with van der Waals surface area (Å²) >= 11 is 0. The molecule has 0 saturated heterocycles.